The van der Waals surface area contributed by atoms with Crippen LogP contribution in [0.1, 0.15) is 22.8 Å². The highest BCUT2D eigenvalue weighted by Gasteiger charge is 2.31. The monoisotopic (exact) mass is 417 g/mol. The zero-order valence-electron chi connectivity index (χ0n) is 17.3. The number of pyridine rings is 2. The summed E-state index contributed by atoms with van der Waals surface area (Å²) in [5.74, 6) is -0.0302. The van der Waals surface area contributed by atoms with Crippen molar-refractivity contribution in [3.05, 3.63) is 70.9 Å². The third-order valence-electron chi connectivity index (χ3n) is 5.91. The van der Waals surface area contributed by atoms with Crippen molar-refractivity contribution in [2.45, 2.75) is 19.0 Å². The lowest BCUT2D eigenvalue weighted by Gasteiger charge is -2.17. The van der Waals surface area contributed by atoms with E-state index in [1.165, 1.54) is 0 Å². The SMILES string of the molecule is COCCn1c(=O)n(C2CCN(C(=O)c3ccc4ncccc4c3)C2)c2ncccc21. The fourth-order valence-corrected chi connectivity index (χ4v) is 4.36. The second-order valence-electron chi connectivity index (χ2n) is 7.75. The van der Waals surface area contributed by atoms with E-state index in [1.54, 1.807) is 28.6 Å². The highest BCUT2D eigenvalue weighted by molar-refractivity contribution is 5.98. The minimum atomic E-state index is -0.111. The first-order valence-electron chi connectivity index (χ1n) is 10.4. The molecule has 0 spiro atoms. The van der Waals surface area contributed by atoms with Crippen molar-refractivity contribution in [3.8, 4) is 0 Å². The lowest BCUT2D eigenvalue weighted by molar-refractivity contribution is 0.0788. The van der Waals surface area contributed by atoms with Crippen molar-refractivity contribution in [3.63, 3.8) is 0 Å². The molecule has 8 heteroatoms. The summed E-state index contributed by atoms with van der Waals surface area (Å²) >= 11 is 0. The molecular weight excluding hydrogens is 394 g/mol. The topological polar surface area (TPSA) is 82.2 Å². The van der Waals surface area contributed by atoms with Gasteiger partial charge in [0, 0.05) is 43.5 Å². The Morgan fingerprint density at radius 2 is 2.00 bits per heavy atom. The molecule has 1 atom stereocenters. The highest BCUT2D eigenvalue weighted by Crippen LogP contribution is 2.26. The van der Waals surface area contributed by atoms with Crippen molar-refractivity contribution in [2.75, 3.05) is 26.8 Å². The van der Waals surface area contributed by atoms with Crippen molar-refractivity contribution in [1.29, 1.82) is 0 Å². The largest absolute Gasteiger partial charge is 0.383 e. The molecule has 1 aromatic carbocycles. The Morgan fingerprint density at radius 1 is 1.16 bits per heavy atom. The molecule has 1 aliphatic heterocycles. The van der Waals surface area contributed by atoms with Gasteiger partial charge in [0.2, 0.25) is 0 Å². The molecule has 0 radical (unpaired) electrons. The zero-order chi connectivity index (χ0) is 21.4. The normalized spacial score (nSPS) is 16.4. The number of benzene rings is 1. The molecule has 1 fully saturated rings. The van der Waals surface area contributed by atoms with Crippen LogP contribution in [0, 0.1) is 0 Å². The first-order valence-corrected chi connectivity index (χ1v) is 10.4. The van der Waals surface area contributed by atoms with Gasteiger partial charge in [-0.05, 0) is 42.8 Å². The third-order valence-corrected chi connectivity index (χ3v) is 5.91. The summed E-state index contributed by atoms with van der Waals surface area (Å²) in [5.41, 5.74) is 2.83. The lowest BCUT2D eigenvalue weighted by atomic mass is 10.1. The molecule has 4 aromatic rings. The molecule has 0 aliphatic carbocycles. The van der Waals surface area contributed by atoms with E-state index in [0.29, 0.717) is 43.9 Å². The summed E-state index contributed by atoms with van der Waals surface area (Å²) in [6.45, 7) is 1.98. The number of aromatic nitrogens is 4. The van der Waals surface area contributed by atoms with E-state index in [1.807, 2.05) is 47.4 Å². The number of fused-ring (bicyclic) bond motifs is 2. The van der Waals surface area contributed by atoms with Crippen LogP contribution >= 0.6 is 0 Å². The van der Waals surface area contributed by atoms with Gasteiger partial charge < -0.3 is 9.64 Å². The molecule has 4 heterocycles. The molecule has 8 nitrogen and oxygen atoms in total. The van der Waals surface area contributed by atoms with Gasteiger partial charge in [-0.2, -0.15) is 0 Å². The van der Waals surface area contributed by atoms with Gasteiger partial charge in [0.1, 0.15) is 0 Å². The van der Waals surface area contributed by atoms with Crippen molar-refractivity contribution < 1.29 is 9.53 Å². The van der Waals surface area contributed by atoms with Crippen LogP contribution in [0.15, 0.2) is 59.7 Å². The van der Waals surface area contributed by atoms with Crippen LogP contribution in [0.3, 0.4) is 0 Å². The van der Waals surface area contributed by atoms with E-state index in [0.717, 1.165) is 16.4 Å². The first kappa shape index (κ1) is 19.4. The van der Waals surface area contributed by atoms with Crippen molar-refractivity contribution in [2.24, 2.45) is 0 Å². The predicted molar refractivity (Wildman–Crippen MR) is 117 cm³/mol. The number of likely N-dealkylation sites (tertiary alicyclic amines) is 1. The predicted octanol–water partition coefficient (Wildman–Crippen LogP) is 2.48. The van der Waals surface area contributed by atoms with Crippen LogP contribution in [0.2, 0.25) is 0 Å². The number of imidazole rings is 1. The van der Waals surface area contributed by atoms with Gasteiger partial charge in [0.05, 0.1) is 30.2 Å². The molecule has 1 saturated heterocycles. The molecule has 1 unspecified atom stereocenters. The molecule has 5 rings (SSSR count). The number of carbonyl (C=O) groups is 1. The van der Waals surface area contributed by atoms with E-state index in [9.17, 15) is 9.59 Å². The maximum Gasteiger partial charge on any atom is 0.330 e. The van der Waals surface area contributed by atoms with E-state index < -0.39 is 0 Å². The van der Waals surface area contributed by atoms with E-state index >= 15 is 0 Å². The second-order valence-corrected chi connectivity index (χ2v) is 7.75. The summed E-state index contributed by atoms with van der Waals surface area (Å²) in [4.78, 5) is 36.9. The quantitative estimate of drug-likeness (QED) is 0.498. The number of hydrogen-bond donors (Lipinski definition) is 0. The summed E-state index contributed by atoms with van der Waals surface area (Å²) in [5, 5.41) is 0.936. The number of hydrogen-bond acceptors (Lipinski definition) is 5. The van der Waals surface area contributed by atoms with Gasteiger partial charge in [-0.1, -0.05) is 6.07 Å². The number of methoxy groups -OCH3 is 1. The first-order chi connectivity index (χ1) is 15.2. The van der Waals surface area contributed by atoms with E-state index in [-0.39, 0.29) is 17.6 Å². The molecule has 0 N–H and O–H groups in total. The summed E-state index contributed by atoms with van der Waals surface area (Å²) in [6, 6.07) is 13.0. The Bertz CT molecular complexity index is 1330. The van der Waals surface area contributed by atoms with Crippen LogP contribution < -0.4 is 5.69 Å². The third kappa shape index (κ3) is 3.38. The minimum absolute atomic E-state index is 0.0302. The highest BCUT2D eigenvalue weighted by atomic mass is 16.5. The number of rotatable bonds is 5. The smallest absolute Gasteiger partial charge is 0.330 e. The summed E-state index contributed by atoms with van der Waals surface area (Å²) < 4.78 is 8.61. The van der Waals surface area contributed by atoms with Gasteiger partial charge in [-0.15, -0.1) is 0 Å². The molecule has 31 heavy (non-hydrogen) atoms. The Hall–Kier alpha value is -3.52. The fraction of sp³-hybridized carbons (Fsp3) is 0.304. The molecule has 0 saturated carbocycles. The molecule has 0 bridgehead atoms. The van der Waals surface area contributed by atoms with E-state index in [4.69, 9.17) is 4.74 Å². The van der Waals surface area contributed by atoms with Crippen LogP contribution in [-0.4, -0.2) is 56.7 Å². The standard InChI is InChI=1S/C23H23N5O3/c1-31-13-12-27-20-5-3-10-25-21(20)28(23(27)30)18-8-11-26(15-18)22(29)17-6-7-19-16(14-17)4-2-9-24-19/h2-7,9-10,14,18H,8,11-13,15H2,1H3. The molecule has 3 aromatic heterocycles. The summed E-state index contributed by atoms with van der Waals surface area (Å²) in [7, 11) is 1.62. The van der Waals surface area contributed by atoms with Crippen LogP contribution in [0.5, 0.6) is 0 Å². The number of carbonyl (C=O) groups excluding carboxylic acids is 1. The van der Waals surface area contributed by atoms with Gasteiger partial charge in [-0.3, -0.25) is 18.9 Å². The fourth-order valence-electron chi connectivity index (χ4n) is 4.36. The Morgan fingerprint density at radius 3 is 2.87 bits per heavy atom. The lowest BCUT2D eigenvalue weighted by Crippen LogP contribution is -2.32. The molecular formula is C23H23N5O3. The van der Waals surface area contributed by atoms with Crippen molar-refractivity contribution >= 4 is 28.0 Å². The van der Waals surface area contributed by atoms with Crippen LogP contribution in [-0.2, 0) is 11.3 Å². The van der Waals surface area contributed by atoms with Crippen LogP contribution in [0.4, 0.5) is 0 Å². The zero-order valence-corrected chi connectivity index (χ0v) is 17.3. The van der Waals surface area contributed by atoms with Crippen LogP contribution in [0.25, 0.3) is 22.1 Å². The Kier molecular flexibility index (Phi) is 4.99. The summed E-state index contributed by atoms with van der Waals surface area (Å²) in [6.07, 6.45) is 4.14. The van der Waals surface area contributed by atoms with E-state index in [2.05, 4.69) is 9.97 Å². The average molecular weight is 417 g/mol. The second kappa shape index (κ2) is 7.96. The van der Waals surface area contributed by atoms with Gasteiger partial charge >= 0.3 is 5.69 Å². The number of nitrogens with zero attached hydrogens (tertiary/aromatic N) is 5. The van der Waals surface area contributed by atoms with Gasteiger partial charge in [0.25, 0.3) is 5.91 Å². The van der Waals surface area contributed by atoms with Crippen molar-refractivity contribution in [1.82, 2.24) is 24.0 Å². The van der Waals surface area contributed by atoms with Gasteiger partial charge in [-0.25, -0.2) is 9.78 Å². The molecule has 1 amide bonds. The maximum absolute atomic E-state index is 13.2. The number of ether oxygens (including phenoxy) is 1. The molecule has 1 aliphatic rings. The minimum Gasteiger partial charge on any atom is -0.383 e. The molecule has 158 valence electrons. The number of amides is 1. The maximum atomic E-state index is 13.2. The average Bonchev–Trinajstić information content (AvgIpc) is 3.39. The Balaban J connectivity index is 1.44. The Labute approximate surface area is 178 Å². The van der Waals surface area contributed by atoms with Gasteiger partial charge in [0.15, 0.2) is 5.65 Å².